The van der Waals surface area contributed by atoms with Crippen LogP contribution in [0, 0.1) is 5.92 Å². The average molecular weight is 258 g/mol. The van der Waals surface area contributed by atoms with Gasteiger partial charge in [0.1, 0.15) is 0 Å². The third kappa shape index (κ3) is 4.21. The molecule has 1 aliphatic rings. The van der Waals surface area contributed by atoms with Gasteiger partial charge in [0.2, 0.25) is 5.91 Å². The molecule has 0 atom stereocenters. The molecule has 0 saturated carbocycles. The van der Waals surface area contributed by atoms with Crippen molar-refractivity contribution < 1.29 is 4.79 Å². The molecule has 102 valence electrons. The number of nitrogens with zero attached hydrogens (tertiary/aromatic N) is 1. The Morgan fingerprint density at radius 1 is 1.37 bits per heavy atom. The normalized spacial score (nSPS) is 17.1. The van der Waals surface area contributed by atoms with Crippen molar-refractivity contribution in [1.29, 1.82) is 0 Å². The maximum Gasteiger partial charge on any atom is 0.247 e. The lowest BCUT2D eigenvalue weighted by atomic mass is 9.99. The molecule has 1 aromatic carbocycles. The van der Waals surface area contributed by atoms with E-state index in [-0.39, 0.29) is 5.91 Å². The predicted octanol–water partition coefficient (Wildman–Crippen LogP) is 3.04. The zero-order valence-electron chi connectivity index (χ0n) is 11.6. The third-order valence-corrected chi connectivity index (χ3v) is 3.69. The SMILES string of the molecule is C=CC(=O)Nc1ccc(CN2CCC(C)CC2)cc1. The highest BCUT2D eigenvalue weighted by Crippen LogP contribution is 2.18. The molecular formula is C16H22N2O. The summed E-state index contributed by atoms with van der Waals surface area (Å²) in [5.74, 6) is 0.700. The Morgan fingerprint density at radius 3 is 2.58 bits per heavy atom. The Balaban J connectivity index is 1.88. The first kappa shape index (κ1) is 13.8. The molecule has 3 heteroatoms. The highest BCUT2D eigenvalue weighted by atomic mass is 16.1. The van der Waals surface area contributed by atoms with Crippen molar-refractivity contribution in [2.24, 2.45) is 5.92 Å². The van der Waals surface area contributed by atoms with E-state index >= 15 is 0 Å². The molecule has 0 unspecified atom stereocenters. The monoisotopic (exact) mass is 258 g/mol. The maximum atomic E-state index is 11.2. The molecule has 0 spiro atoms. The lowest BCUT2D eigenvalue weighted by molar-refractivity contribution is -0.111. The number of benzene rings is 1. The summed E-state index contributed by atoms with van der Waals surface area (Å²) in [5, 5.41) is 2.76. The molecule has 3 nitrogen and oxygen atoms in total. The highest BCUT2D eigenvalue weighted by molar-refractivity contribution is 5.98. The minimum atomic E-state index is -0.169. The van der Waals surface area contributed by atoms with Crippen LogP contribution in [0.4, 0.5) is 5.69 Å². The molecular weight excluding hydrogens is 236 g/mol. The zero-order valence-corrected chi connectivity index (χ0v) is 11.6. The van der Waals surface area contributed by atoms with Crippen LogP contribution in [0.5, 0.6) is 0 Å². The fourth-order valence-corrected chi connectivity index (χ4v) is 2.37. The molecule has 1 aliphatic heterocycles. The highest BCUT2D eigenvalue weighted by Gasteiger charge is 2.15. The summed E-state index contributed by atoms with van der Waals surface area (Å²) < 4.78 is 0. The largest absolute Gasteiger partial charge is 0.323 e. The number of rotatable bonds is 4. The molecule has 1 saturated heterocycles. The van der Waals surface area contributed by atoms with E-state index in [4.69, 9.17) is 0 Å². The molecule has 0 aliphatic carbocycles. The molecule has 0 aromatic heterocycles. The summed E-state index contributed by atoms with van der Waals surface area (Å²) in [6, 6.07) is 8.06. The van der Waals surface area contributed by atoms with Crippen LogP contribution < -0.4 is 5.32 Å². The molecule has 1 amide bonds. The lowest BCUT2D eigenvalue weighted by Crippen LogP contribution is -2.32. The van der Waals surface area contributed by atoms with Crippen LogP contribution in [0.25, 0.3) is 0 Å². The summed E-state index contributed by atoms with van der Waals surface area (Å²) in [6.45, 7) is 9.15. The number of anilines is 1. The van der Waals surface area contributed by atoms with Crippen molar-refractivity contribution in [2.75, 3.05) is 18.4 Å². The number of piperidine rings is 1. The van der Waals surface area contributed by atoms with Crippen molar-refractivity contribution in [1.82, 2.24) is 4.90 Å². The Hall–Kier alpha value is -1.61. The predicted molar refractivity (Wildman–Crippen MR) is 78.9 cm³/mol. The third-order valence-electron chi connectivity index (χ3n) is 3.69. The van der Waals surface area contributed by atoms with Crippen molar-refractivity contribution in [3.8, 4) is 0 Å². The summed E-state index contributed by atoms with van der Waals surface area (Å²) in [6.07, 6.45) is 3.88. The van der Waals surface area contributed by atoms with Gasteiger partial charge in [-0.15, -0.1) is 0 Å². The summed E-state index contributed by atoms with van der Waals surface area (Å²) in [4.78, 5) is 13.7. The topological polar surface area (TPSA) is 32.3 Å². The molecule has 1 heterocycles. The van der Waals surface area contributed by atoms with Crippen LogP contribution in [-0.4, -0.2) is 23.9 Å². The van der Waals surface area contributed by atoms with Gasteiger partial charge < -0.3 is 5.32 Å². The van der Waals surface area contributed by atoms with Gasteiger partial charge in [0, 0.05) is 12.2 Å². The first-order valence-electron chi connectivity index (χ1n) is 6.92. The fourth-order valence-electron chi connectivity index (χ4n) is 2.37. The second kappa shape index (κ2) is 6.53. The fraction of sp³-hybridized carbons (Fsp3) is 0.438. The van der Waals surface area contributed by atoms with Crippen LogP contribution in [0.3, 0.4) is 0 Å². The van der Waals surface area contributed by atoms with E-state index in [1.807, 2.05) is 12.1 Å². The smallest absolute Gasteiger partial charge is 0.247 e. The number of carbonyl (C=O) groups excluding carboxylic acids is 1. The summed E-state index contributed by atoms with van der Waals surface area (Å²) in [5.41, 5.74) is 2.12. The molecule has 0 bridgehead atoms. The first-order chi connectivity index (χ1) is 9.17. The second-order valence-electron chi connectivity index (χ2n) is 5.35. The van der Waals surface area contributed by atoms with Crippen molar-refractivity contribution in [2.45, 2.75) is 26.3 Å². The van der Waals surface area contributed by atoms with Gasteiger partial charge in [-0.2, -0.15) is 0 Å². The standard InChI is InChI=1S/C16H22N2O/c1-3-16(19)17-15-6-4-14(5-7-15)12-18-10-8-13(2)9-11-18/h3-7,13H,1,8-12H2,2H3,(H,17,19). The van der Waals surface area contributed by atoms with Crippen molar-refractivity contribution in [3.63, 3.8) is 0 Å². The van der Waals surface area contributed by atoms with Gasteiger partial charge >= 0.3 is 0 Å². The summed E-state index contributed by atoms with van der Waals surface area (Å²) >= 11 is 0. The minimum Gasteiger partial charge on any atom is -0.323 e. The van der Waals surface area contributed by atoms with Crippen LogP contribution in [0.15, 0.2) is 36.9 Å². The van der Waals surface area contributed by atoms with E-state index in [9.17, 15) is 4.79 Å². The van der Waals surface area contributed by atoms with Crippen LogP contribution in [-0.2, 0) is 11.3 Å². The van der Waals surface area contributed by atoms with Gasteiger partial charge in [-0.1, -0.05) is 25.6 Å². The van der Waals surface area contributed by atoms with E-state index in [0.29, 0.717) is 0 Å². The van der Waals surface area contributed by atoms with Crippen molar-refractivity contribution >= 4 is 11.6 Å². The van der Waals surface area contributed by atoms with E-state index in [0.717, 1.165) is 18.2 Å². The number of hydrogen-bond acceptors (Lipinski definition) is 2. The lowest BCUT2D eigenvalue weighted by Gasteiger charge is -2.30. The van der Waals surface area contributed by atoms with E-state index in [1.54, 1.807) is 0 Å². The van der Waals surface area contributed by atoms with Gasteiger partial charge in [-0.05, 0) is 55.6 Å². The van der Waals surface area contributed by atoms with Crippen LogP contribution in [0.2, 0.25) is 0 Å². The summed E-state index contributed by atoms with van der Waals surface area (Å²) in [7, 11) is 0. The van der Waals surface area contributed by atoms with Gasteiger partial charge in [-0.3, -0.25) is 9.69 Å². The number of nitrogens with one attached hydrogen (secondary N) is 1. The number of amides is 1. The molecule has 1 N–H and O–H groups in total. The molecule has 1 aromatic rings. The first-order valence-corrected chi connectivity index (χ1v) is 6.92. The maximum absolute atomic E-state index is 11.2. The molecule has 2 rings (SSSR count). The van der Waals surface area contributed by atoms with E-state index in [1.165, 1.54) is 37.6 Å². The van der Waals surface area contributed by atoms with E-state index in [2.05, 4.69) is 35.9 Å². The van der Waals surface area contributed by atoms with E-state index < -0.39 is 0 Å². The van der Waals surface area contributed by atoms with Gasteiger partial charge in [-0.25, -0.2) is 0 Å². The Morgan fingerprint density at radius 2 is 2.00 bits per heavy atom. The number of likely N-dealkylation sites (tertiary alicyclic amines) is 1. The van der Waals surface area contributed by atoms with Crippen molar-refractivity contribution in [3.05, 3.63) is 42.5 Å². The second-order valence-corrected chi connectivity index (χ2v) is 5.35. The minimum absolute atomic E-state index is 0.169. The zero-order chi connectivity index (χ0) is 13.7. The molecule has 19 heavy (non-hydrogen) atoms. The number of carbonyl (C=O) groups is 1. The Bertz CT molecular complexity index is 431. The quantitative estimate of drug-likeness (QED) is 0.842. The van der Waals surface area contributed by atoms with Gasteiger partial charge in [0.05, 0.1) is 0 Å². The molecule has 1 fully saturated rings. The van der Waals surface area contributed by atoms with Crippen LogP contribution in [0.1, 0.15) is 25.3 Å². The Kier molecular flexibility index (Phi) is 4.74. The van der Waals surface area contributed by atoms with Gasteiger partial charge in [0.15, 0.2) is 0 Å². The Labute approximate surface area is 115 Å². The average Bonchev–Trinajstić information content (AvgIpc) is 2.43. The number of hydrogen-bond donors (Lipinski definition) is 1. The molecule has 0 radical (unpaired) electrons. The van der Waals surface area contributed by atoms with Crippen LogP contribution >= 0.6 is 0 Å². The van der Waals surface area contributed by atoms with Gasteiger partial charge in [0.25, 0.3) is 0 Å².